The largest absolute Gasteiger partial charge is 0.315 e. The predicted octanol–water partition coefficient (Wildman–Crippen LogP) is 2.79. The van der Waals surface area contributed by atoms with Crippen molar-refractivity contribution >= 4 is 0 Å². The highest BCUT2D eigenvalue weighted by Gasteiger charge is 2.11. The van der Waals surface area contributed by atoms with Gasteiger partial charge in [-0.25, -0.2) is 0 Å². The zero-order valence-corrected chi connectivity index (χ0v) is 12.7. The number of benzene rings is 1. The van der Waals surface area contributed by atoms with Gasteiger partial charge in [-0.15, -0.1) is 0 Å². The lowest BCUT2D eigenvalue weighted by Gasteiger charge is -2.19. The van der Waals surface area contributed by atoms with Crippen molar-refractivity contribution in [2.75, 3.05) is 32.7 Å². The zero-order valence-electron chi connectivity index (χ0n) is 12.7. The molecular weight excluding hydrogens is 244 g/mol. The molecule has 1 aliphatic carbocycles. The second-order valence-electron chi connectivity index (χ2n) is 6.36. The SMILES string of the molecule is c1cc2c(cc1CCCCN1CCCNCC1)CCC2. The molecule has 0 unspecified atom stereocenters. The van der Waals surface area contributed by atoms with E-state index in [1.807, 2.05) is 0 Å². The highest BCUT2D eigenvalue weighted by molar-refractivity contribution is 5.35. The minimum atomic E-state index is 1.17. The van der Waals surface area contributed by atoms with E-state index in [0.717, 1.165) is 0 Å². The molecule has 3 rings (SSSR count). The fourth-order valence-corrected chi connectivity index (χ4v) is 3.57. The molecule has 2 heteroatoms. The minimum Gasteiger partial charge on any atom is -0.315 e. The van der Waals surface area contributed by atoms with Crippen molar-refractivity contribution in [3.8, 4) is 0 Å². The number of fused-ring (bicyclic) bond motifs is 1. The van der Waals surface area contributed by atoms with Crippen LogP contribution in [0.15, 0.2) is 18.2 Å². The Morgan fingerprint density at radius 3 is 2.90 bits per heavy atom. The second kappa shape index (κ2) is 7.24. The number of aryl methyl sites for hydroxylation is 3. The lowest BCUT2D eigenvalue weighted by molar-refractivity contribution is 0.286. The third-order valence-corrected chi connectivity index (χ3v) is 4.79. The zero-order chi connectivity index (χ0) is 13.6. The summed E-state index contributed by atoms with van der Waals surface area (Å²) < 4.78 is 0. The number of unbranched alkanes of at least 4 members (excludes halogenated alkanes) is 1. The van der Waals surface area contributed by atoms with Crippen LogP contribution in [0.25, 0.3) is 0 Å². The van der Waals surface area contributed by atoms with Gasteiger partial charge in [0, 0.05) is 13.1 Å². The van der Waals surface area contributed by atoms with Crippen molar-refractivity contribution in [3.05, 3.63) is 34.9 Å². The lowest BCUT2D eigenvalue weighted by atomic mass is 10.0. The summed E-state index contributed by atoms with van der Waals surface area (Å²) in [7, 11) is 0. The first-order chi connectivity index (χ1) is 9.92. The molecule has 2 nitrogen and oxygen atoms in total. The Hall–Kier alpha value is -0.860. The van der Waals surface area contributed by atoms with Crippen LogP contribution in [0.4, 0.5) is 0 Å². The quantitative estimate of drug-likeness (QED) is 0.829. The van der Waals surface area contributed by atoms with Gasteiger partial charge in [0.1, 0.15) is 0 Å². The highest BCUT2D eigenvalue weighted by Crippen LogP contribution is 2.23. The first-order valence-electron chi connectivity index (χ1n) is 8.45. The monoisotopic (exact) mass is 272 g/mol. The van der Waals surface area contributed by atoms with Gasteiger partial charge in [-0.2, -0.15) is 0 Å². The number of nitrogens with one attached hydrogen (secondary N) is 1. The molecule has 1 aliphatic heterocycles. The smallest absolute Gasteiger partial charge is 0.0107 e. The lowest BCUT2D eigenvalue weighted by Crippen LogP contribution is -2.29. The molecule has 0 amide bonds. The first-order valence-corrected chi connectivity index (χ1v) is 8.45. The summed E-state index contributed by atoms with van der Waals surface area (Å²) in [6.07, 6.45) is 9.23. The van der Waals surface area contributed by atoms with E-state index < -0.39 is 0 Å². The average Bonchev–Trinajstić information content (AvgIpc) is 2.78. The fraction of sp³-hybridized carbons (Fsp3) is 0.667. The average molecular weight is 272 g/mol. The van der Waals surface area contributed by atoms with Gasteiger partial charge in [-0.05, 0) is 81.3 Å². The molecule has 0 aromatic heterocycles. The molecule has 1 heterocycles. The summed E-state index contributed by atoms with van der Waals surface area (Å²) in [6.45, 7) is 6.17. The molecule has 1 aromatic carbocycles. The summed E-state index contributed by atoms with van der Waals surface area (Å²) in [4.78, 5) is 2.63. The molecule has 20 heavy (non-hydrogen) atoms. The van der Waals surface area contributed by atoms with Crippen molar-refractivity contribution < 1.29 is 0 Å². The van der Waals surface area contributed by atoms with Crippen LogP contribution >= 0.6 is 0 Å². The van der Waals surface area contributed by atoms with E-state index in [1.54, 1.807) is 16.7 Å². The van der Waals surface area contributed by atoms with Crippen LogP contribution in [0.1, 0.15) is 42.4 Å². The molecule has 0 radical (unpaired) electrons. The van der Waals surface area contributed by atoms with Gasteiger partial charge in [-0.1, -0.05) is 18.2 Å². The van der Waals surface area contributed by atoms with Gasteiger partial charge in [0.2, 0.25) is 0 Å². The summed E-state index contributed by atoms with van der Waals surface area (Å²) in [5.74, 6) is 0. The Balaban J connectivity index is 1.39. The molecule has 1 N–H and O–H groups in total. The highest BCUT2D eigenvalue weighted by atomic mass is 15.1. The molecule has 2 aliphatic rings. The Morgan fingerprint density at radius 1 is 0.950 bits per heavy atom. The summed E-state index contributed by atoms with van der Waals surface area (Å²) in [5.41, 5.74) is 4.79. The van der Waals surface area contributed by atoms with E-state index >= 15 is 0 Å². The van der Waals surface area contributed by atoms with Crippen LogP contribution in [0.2, 0.25) is 0 Å². The number of rotatable bonds is 5. The summed E-state index contributed by atoms with van der Waals surface area (Å²) >= 11 is 0. The standard InChI is InChI=1S/C18H28N2/c1(2-12-20-13-4-10-19-11-14-20)5-16-8-9-17-6-3-7-18(17)15-16/h8-9,15,19H,1-7,10-14H2. The summed E-state index contributed by atoms with van der Waals surface area (Å²) in [5, 5.41) is 3.48. The van der Waals surface area contributed by atoms with Gasteiger partial charge in [-0.3, -0.25) is 0 Å². The second-order valence-corrected chi connectivity index (χ2v) is 6.36. The van der Waals surface area contributed by atoms with Crippen LogP contribution < -0.4 is 5.32 Å². The maximum atomic E-state index is 3.48. The molecule has 0 bridgehead atoms. The van der Waals surface area contributed by atoms with Crippen LogP contribution in [0, 0.1) is 0 Å². The topological polar surface area (TPSA) is 15.3 Å². The van der Waals surface area contributed by atoms with Crippen molar-refractivity contribution in [2.24, 2.45) is 0 Å². The van der Waals surface area contributed by atoms with Crippen LogP contribution in [0.3, 0.4) is 0 Å². The maximum Gasteiger partial charge on any atom is 0.0107 e. The normalized spacial score (nSPS) is 19.8. The maximum absolute atomic E-state index is 3.48. The Bertz CT molecular complexity index is 419. The van der Waals surface area contributed by atoms with E-state index in [0.29, 0.717) is 0 Å². The Labute approximate surface area is 123 Å². The molecule has 0 atom stereocenters. The van der Waals surface area contributed by atoms with Crippen LogP contribution in [-0.2, 0) is 19.3 Å². The molecule has 0 saturated carbocycles. The third kappa shape index (κ3) is 3.83. The molecule has 1 fully saturated rings. The van der Waals surface area contributed by atoms with Gasteiger partial charge < -0.3 is 10.2 Å². The Morgan fingerprint density at radius 2 is 1.90 bits per heavy atom. The van der Waals surface area contributed by atoms with Crippen molar-refractivity contribution in [3.63, 3.8) is 0 Å². The van der Waals surface area contributed by atoms with Crippen molar-refractivity contribution in [2.45, 2.75) is 44.9 Å². The molecule has 1 aromatic rings. The van der Waals surface area contributed by atoms with Gasteiger partial charge in [0.05, 0.1) is 0 Å². The summed E-state index contributed by atoms with van der Waals surface area (Å²) in [6, 6.07) is 7.20. The number of hydrogen-bond donors (Lipinski definition) is 1. The van der Waals surface area contributed by atoms with Crippen LogP contribution in [-0.4, -0.2) is 37.6 Å². The molecule has 110 valence electrons. The van der Waals surface area contributed by atoms with E-state index in [-0.39, 0.29) is 0 Å². The number of hydrogen-bond acceptors (Lipinski definition) is 2. The van der Waals surface area contributed by atoms with Gasteiger partial charge in [0.25, 0.3) is 0 Å². The third-order valence-electron chi connectivity index (χ3n) is 4.79. The van der Waals surface area contributed by atoms with E-state index in [9.17, 15) is 0 Å². The van der Waals surface area contributed by atoms with Crippen LogP contribution in [0.5, 0.6) is 0 Å². The van der Waals surface area contributed by atoms with Crippen molar-refractivity contribution in [1.82, 2.24) is 10.2 Å². The number of nitrogens with zero attached hydrogens (tertiary/aromatic N) is 1. The van der Waals surface area contributed by atoms with E-state index in [1.165, 1.54) is 77.7 Å². The molecular formula is C18H28N2. The van der Waals surface area contributed by atoms with Crippen molar-refractivity contribution in [1.29, 1.82) is 0 Å². The molecule has 1 saturated heterocycles. The fourth-order valence-electron chi connectivity index (χ4n) is 3.57. The predicted molar refractivity (Wildman–Crippen MR) is 85.3 cm³/mol. The first kappa shape index (κ1) is 14.1. The Kier molecular flexibility index (Phi) is 5.10. The van der Waals surface area contributed by atoms with E-state index in [4.69, 9.17) is 0 Å². The van der Waals surface area contributed by atoms with Gasteiger partial charge >= 0.3 is 0 Å². The minimum absolute atomic E-state index is 1.17. The van der Waals surface area contributed by atoms with Gasteiger partial charge in [0.15, 0.2) is 0 Å². The molecule has 0 spiro atoms. The van der Waals surface area contributed by atoms with E-state index in [2.05, 4.69) is 28.4 Å².